The maximum Gasteiger partial charge on any atom is 0.335 e. The van der Waals surface area contributed by atoms with Crippen molar-refractivity contribution in [3.05, 3.63) is 65.7 Å². The van der Waals surface area contributed by atoms with E-state index in [0.29, 0.717) is 18.2 Å². The Labute approximate surface area is 153 Å². The average molecular weight is 352 g/mol. The van der Waals surface area contributed by atoms with Gasteiger partial charge in [-0.1, -0.05) is 30.3 Å². The van der Waals surface area contributed by atoms with E-state index < -0.39 is 5.97 Å². The summed E-state index contributed by atoms with van der Waals surface area (Å²) in [5, 5.41) is 11.7. The first-order valence-corrected chi connectivity index (χ1v) is 8.99. The van der Waals surface area contributed by atoms with E-state index in [0.717, 1.165) is 32.4 Å². The first-order chi connectivity index (χ1) is 12.6. The van der Waals surface area contributed by atoms with E-state index in [2.05, 4.69) is 34.5 Å². The van der Waals surface area contributed by atoms with Crippen LogP contribution >= 0.6 is 0 Å². The summed E-state index contributed by atoms with van der Waals surface area (Å²) in [7, 11) is 0. The lowest BCUT2D eigenvalue weighted by atomic mass is 9.90. The van der Waals surface area contributed by atoms with Crippen LogP contribution in [0.1, 0.15) is 28.8 Å². The summed E-state index contributed by atoms with van der Waals surface area (Å²) in [4.78, 5) is 25.2. The van der Waals surface area contributed by atoms with Crippen LogP contribution in [0.2, 0.25) is 0 Å². The lowest BCUT2D eigenvalue weighted by Gasteiger charge is -2.31. The lowest BCUT2D eigenvalue weighted by Crippen LogP contribution is -2.39. The van der Waals surface area contributed by atoms with Crippen LogP contribution in [0.25, 0.3) is 0 Å². The summed E-state index contributed by atoms with van der Waals surface area (Å²) in [5.74, 6) is -0.351. The van der Waals surface area contributed by atoms with E-state index in [-0.39, 0.29) is 11.5 Å². The van der Waals surface area contributed by atoms with Crippen LogP contribution in [-0.4, -0.2) is 41.5 Å². The number of hydrogen-bond donors (Lipinski definition) is 2. The van der Waals surface area contributed by atoms with Gasteiger partial charge in [0.15, 0.2) is 0 Å². The van der Waals surface area contributed by atoms with Gasteiger partial charge in [-0.25, -0.2) is 4.79 Å². The number of nitrogens with one attached hydrogen (secondary N) is 1. The molecule has 0 aromatic heterocycles. The van der Waals surface area contributed by atoms with Gasteiger partial charge < -0.3 is 10.4 Å². The highest BCUT2D eigenvalue weighted by Crippen LogP contribution is 2.21. The number of carboxylic acids is 1. The van der Waals surface area contributed by atoms with Crippen LogP contribution in [0.4, 0.5) is 5.69 Å². The van der Waals surface area contributed by atoms with E-state index in [9.17, 15) is 9.59 Å². The number of carbonyl (C=O) groups is 2. The van der Waals surface area contributed by atoms with Crippen LogP contribution in [-0.2, 0) is 11.2 Å². The fourth-order valence-electron chi connectivity index (χ4n) is 3.40. The van der Waals surface area contributed by atoms with Crippen LogP contribution in [0, 0.1) is 5.92 Å². The molecular weight excluding hydrogens is 328 g/mol. The normalized spacial score (nSPS) is 15.5. The number of anilines is 1. The number of benzene rings is 2. The Morgan fingerprint density at radius 2 is 1.65 bits per heavy atom. The number of carboxylic acid groups (broad SMARTS) is 1. The van der Waals surface area contributed by atoms with Crippen molar-refractivity contribution in [3.8, 4) is 0 Å². The molecule has 1 aliphatic heterocycles. The van der Waals surface area contributed by atoms with Gasteiger partial charge in [0.1, 0.15) is 0 Å². The van der Waals surface area contributed by atoms with Crippen molar-refractivity contribution < 1.29 is 14.7 Å². The summed E-state index contributed by atoms with van der Waals surface area (Å²) in [6.45, 7) is 2.24. The highest BCUT2D eigenvalue weighted by Gasteiger charge is 2.21. The molecule has 2 aromatic carbocycles. The third kappa shape index (κ3) is 5.17. The Hall–Kier alpha value is -2.66. The first-order valence-electron chi connectivity index (χ1n) is 8.99. The third-order valence-electron chi connectivity index (χ3n) is 4.86. The summed E-state index contributed by atoms with van der Waals surface area (Å²) >= 11 is 0. The van der Waals surface area contributed by atoms with Crippen molar-refractivity contribution in [2.75, 3.05) is 25.0 Å². The van der Waals surface area contributed by atoms with Gasteiger partial charge in [0, 0.05) is 5.69 Å². The SMILES string of the molecule is O=C(CN1CCC(Cc2ccccc2)CC1)Nc1ccc(C(=O)O)cc1. The zero-order valence-corrected chi connectivity index (χ0v) is 14.7. The molecule has 1 saturated heterocycles. The van der Waals surface area contributed by atoms with E-state index >= 15 is 0 Å². The van der Waals surface area contributed by atoms with Crippen molar-refractivity contribution in [1.82, 2.24) is 4.90 Å². The fraction of sp³-hybridized carbons (Fsp3) is 0.333. The molecule has 5 nitrogen and oxygen atoms in total. The number of hydrogen-bond acceptors (Lipinski definition) is 3. The monoisotopic (exact) mass is 352 g/mol. The molecule has 0 unspecified atom stereocenters. The number of likely N-dealkylation sites (tertiary alicyclic amines) is 1. The van der Waals surface area contributed by atoms with Gasteiger partial charge in [-0.2, -0.15) is 0 Å². The van der Waals surface area contributed by atoms with E-state index in [1.54, 1.807) is 12.1 Å². The topological polar surface area (TPSA) is 69.6 Å². The molecule has 0 spiro atoms. The minimum Gasteiger partial charge on any atom is -0.478 e. The molecule has 3 rings (SSSR count). The number of aromatic carboxylic acids is 1. The molecule has 2 aromatic rings. The lowest BCUT2D eigenvalue weighted by molar-refractivity contribution is -0.117. The largest absolute Gasteiger partial charge is 0.478 e. The summed E-state index contributed by atoms with van der Waals surface area (Å²) in [5.41, 5.74) is 2.22. The molecule has 1 fully saturated rings. The van der Waals surface area contributed by atoms with Gasteiger partial charge in [-0.15, -0.1) is 0 Å². The Balaban J connectivity index is 1.42. The standard InChI is InChI=1S/C21H24N2O3/c24-20(22-19-8-6-18(7-9-19)21(25)26)15-23-12-10-17(11-13-23)14-16-4-2-1-3-5-16/h1-9,17H,10-15H2,(H,22,24)(H,25,26). The Morgan fingerprint density at radius 3 is 2.27 bits per heavy atom. The Kier molecular flexibility index (Phi) is 6.02. The Bertz CT molecular complexity index is 736. The molecule has 5 heteroatoms. The molecule has 1 amide bonds. The van der Waals surface area contributed by atoms with Gasteiger partial charge >= 0.3 is 5.97 Å². The quantitative estimate of drug-likeness (QED) is 0.837. The summed E-state index contributed by atoms with van der Waals surface area (Å²) in [6.07, 6.45) is 3.32. The third-order valence-corrected chi connectivity index (χ3v) is 4.86. The zero-order valence-electron chi connectivity index (χ0n) is 14.7. The van der Waals surface area contributed by atoms with Crippen LogP contribution < -0.4 is 5.32 Å². The molecule has 0 aliphatic carbocycles. The van der Waals surface area contributed by atoms with Gasteiger partial charge in [0.05, 0.1) is 12.1 Å². The van der Waals surface area contributed by atoms with Crippen molar-refractivity contribution in [2.24, 2.45) is 5.92 Å². The van der Waals surface area contributed by atoms with Crippen LogP contribution in [0.5, 0.6) is 0 Å². The van der Waals surface area contributed by atoms with Gasteiger partial charge in [-0.3, -0.25) is 9.69 Å². The maximum absolute atomic E-state index is 12.2. The number of rotatable bonds is 6. The van der Waals surface area contributed by atoms with Crippen molar-refractivity contribution in [2.45, 2.75) is 19.3 Å². The van der Waals surface area contributed by atoms with E-state index in [1.807, 2.05) is 6.07 Å². The second-order valence-electron chi connectivity index (χ2n) is 6.84. The maximum atomic E-state index is 12.2. The highest BCUT2D eigenvalue weighted by molar-refractivity contribution is 5.93. The second kappa shape index (κ2) is 8.63. The molecule has 1 heterocycles. The van der Waals surface area contributed by atoms with Crippen LogP contribution in [0.3, 0.4) is 0 Å². The van der Waals surface area contributed by atoms with Gasteiger partial charge in [0.2, 0.25) is 5.91 Å². The van der Waals surface area contributed by atoms with E-state index in [4.69, 9.17) is 5.11 Å². The molecule has 136 valence electrons. The number of nitrogens with zero attached hydrogens (tertiary/aromatic N) is 1. The molecule has 2 N–H and O–H groups in total. The molecule has 26 heavy (non-hydrogen) atoms. The first kappa shape index (κ1) is 18.1. The van der Waals surface area contributed by atoms with Crippen molar-refractivity contribution in [1.29, 1.82) is 0 Å². The number of amides is 1. The Morgan fingerprint density at radius 1 is 1.00 bits per heavy atom. The molecule has 0 bridgehead atoms. The fourth-order valence-corrected chi connectivity index (χ4v) is 3.40. The minimum atomic E-state index is -0.971. The number of piperidine rings is 1. The van der Waals surface area contributed by atoms with Crippen molar-refractivity contribution >= 4 is 17.6 Å². The molecule has 1 aliphatic rings. The summed E-state index contributed by atoms with van der Waals surface area (Å²) in [6, 6.07) is 16.8. The van der Waals surface area contributed by atoms with Gasteiger partial charge in [0.25, 0.3) is 0 Å². The second-order valence-corrected chi connectivity index (χ2v) is 6.84. The van der Waals surface area contributed by atoms with Crippen molar-refractivity contribution in [3.63, 3.8) is 0 Å². The number of carbonyl (C=O) groups excluding carboxylic acids is 1. The van der Waals surface area contributed by atoms with Gasteiger partial charge in [-0.05, 0) is 68.1 Å². The minimum absolute atomic E-state index is 0.0606. The molecule has 0 atom stereocenters. The van der Waals surface area contributed by atoms with Crippen LogP contribution in [0.15, 0.2) is 54.6 Å². The zero-order chi connectivity index (χ0) is 18.4. The molecule has 0 radical (unpaired) electrons. The predicted molar refractivity (Wildman–Crippen MR) is 101 cm³/mol. The highest BCUT2D eigenvalue weighted by atomic mass is 16.4. The predicted octanol–water partition coefficient (Wildman–Crippen LogP) is 3.28. The smallest absolute Gasteiger partial charge is 0.335 e. The molecule has 0 saturated carbocycles. The average Bonchev–Trinajstić information content (AvgIpc) is 2.64. The molecular formula is C21H24N2O3. The summed E-state index contributed by atoms with van der Waals surface area (Å²) < 4.78 is 0. The van der Waals surface area contributed by atoms with E-state index in [1.165, 1.54) is 17.7 Å².